The minimum absolute atomic E-state index is 0.245. The van der Waals surface area contributed by atoms with E-state index in [2.05, 4.69) is 21.6 Å². The number of ether oxygens (including phenoxy) is 1. The molecule has 0 aliphatic carbocycles. The fourth-order valence-corrected chi connectivity index (χ4v) is 2.73. The van der Waals surface area contributed by atoms with Crippen LogP contribution in [0.3, 0.4) is 0 Å². The van der Waals surface area contributed by atoms with Crippen LogP contribution in [0.5, 0.6) is 5.75 Å². The molecule has 0 fully saturated rings. The zero-order valence-corrected chi connectivity index (χ0v) is 12.9. The van der Waals surface area contributed by atoms with Gasteiger partial charge in [0.05, 0.1) is 17.9 Å². The van der Waals surface area contributed by atoms with Crippen molar-refractivity contribution in [3.63, 3.8) is 0 Å². The number of nitrogens with one attached hydrogen (secondary N) is 1. The Labute approximate surface area is 137 Å². The first-order valence-electron chi connectivity index (χ1n) is 7.31. The summed E-state index contributed by atoms with van der Waals surface area (Å²) in [4.78, 5) is 4.44. The van der Waals surface area contributed by atoms with E-state index >= 15 is 0 Å². The van der Waals surface area contributed by atoms with Gasteiger partial charge in [-0.2, -0.15) is 0 Å². The lowest BCUT2D eigenvalue weighted by molar-refractivity contribution is -0.274. The number of nitrogens with zero attached hydrogens (tertiary/aromatic N) is 1. The van der Waals surface area contributed by atoms with Crippen LogP contribution in [0.1, 0.15) is 11.1 Å². The topological polar surface area (TPSA) is 33.6 Å². The van der Waals surface area contributed by atoms with Crippen LogP contribution in [-0.2, 0) is 0 Å². The van der Waals surface area contributed by atoms with Gasteiger partial charge in [-0.25, -0.2) is 0 Å². The Morgan fingerprint density at radius 2 is 1.96 bits per heavy atom. The Kier molecular flexibility index (Phi) is 4.05. The van der Waals surface area contributed by atoms with Gasteiger partial charge < -0.3 is 10.1 Å². The number of aliphatic imine (C=N–C) groups is 1. The summed E-state index contributed by atoms with van der Waals surface area (Å²) in [7, 11) is 0. The highest BCUT2D eigenvalue weighted by Crippen LogP contribution is 2.42. The molecule has 2 aromatic rings. The van der Waals surface area contributed by atoms with Crippen molar-refractivity contribution in [1.82, 2.24) is 0 Å². The highest BCUT2D eigenvalue weighted by atomic mass is 19.4. The molecule has 1 heterocycles. The highest BCUT2D eigenvalue weighted by Gasteiger charge is 2.31. The Balaban J connectivity index is 2.05. The molecule has 0 bridgehead atoms. The third-order valence-corrected chi connectivity index (χ3v) is 3.74. The minimum Gasteiger partial charge on any atom is -0.406 e. The second-order valence-corrected chi connectivity index (χ2v) is 5.35. The molecule has 0 saturated carbocycles. The maximum absolute atomic E-state index is 12.3. The Bertz CT molecular complexity index is 808. The standard InChI is InChI=1S/C18H15F3N2O/c1-3-14-11(2)10-15(17-16(14)22-8-9-23-17)12-4-6-13(7-5-12)24-18(19,20)21/h3-8,10,23H,1,9H2,2H3. The van der Waals surface area contributed by atoms with Gasteiger partial charge in [-0.1, -0.05) is 24.8 Å². The van der Waals surface area contributed by atoms with Crippen molar-refractivity contribution in [2.45, 2.75) is 13.3 Å². The van der Waals surface area contributed by atoms with Crippen molar-refractivity contribution in [1.29, 1.82) is 0 Å². The number of hydrogen-bond acceptors (Lipinski definition) is 3. The van der Waals surface area contributed by atoms with Crippen molar-refractivity contribution in [2.75, 3.05) is 11.9 Å². The number of halogens is 3. The fourth-order valence-electron chi connectivity index (χ4n) is 2.73. The first kappa shape index (κ1) is 16.1. The van der Waals surface area contributed by atoms with Crippen LogP contribution in [0.2, 0.25) is 0 Å². The van der Waals surface area contributed by atoms with E-state index in [-0.39, 0.29) is 5.75 Å². The average molecular weight is 332 g/mol. The summed E-state index contributed by atoms with van der Waals surface area (Å²) < 4.78 is 40.7. The molecule has 0 unspecified atom stereocenters. The van der Waals surface area contributed by atoms with Crippen LogP contribution in [-0.4, -0.2) is 19.1 Å². The molecule has 3 rings (SSSR count). The van der Waals surface area contributed by atoms with E-state index in [9.17, 15) is 13.2 Å². The Hall–Kier alpha value is -2.76. The number of alkyl halides is 3. The van der Waals surface area contributed by atoms with Crippen molar-refractivity contribution in [2.24, 2.45) is 4.99 Å². The van der Waals surface area contributed by atoms with Gasteiger partial charge in [0, 0.05) is 17.3 Å². The maximum Gasteiger partial charge on any atom is 0.573 e. The molecule has 1 aliphatic heterocycles. The molecule has 1 aliphatic rings. The van der Waals surface area contributed by atoms with Gasteiger partial charge in [-0.05, 0) is 36.2 Å². The number of aryl methyl sites for hydroxylation is 1. The monoisotopic (exact) mass is 332 g/mol. The van der Waals surface area contributed by atoms with E-state index in [1.807, 2.05) is 13.0 Å². The molecule has 3 nitrogen and oxygen atoms in total. The average Bonchev–Trinajstić information content (AvgIpc) is 2.53. The Morgan fingerprint density at radius 1 is 1.25 bits per heavy atom. The molecule has 0 amide bonds. The summed E-state index contributed by atoms with van der Waals surface area (Å²) in [5.74, 6) is -0.245. The van der Waals surface area contributed by atoms with Gasteiger partial charge >= 0.3 is 6.36 Å². The molecule has 124 valence electrons. The second kappa shape index (κ2) is 6.03. The van der Waals surface area contributed by atoms with E-state index in [1.54, 1.807) is 24.4 Å². The summed E-state index contributed by atoms with van der Waals surface area (Å²) in [6, 6.07) is 7.78. The molecule has 0 atom stereocenters. The zero-order chi connectivity index (χ0) is 17.3. The first-order valence-corrected chi connectivity index (χ1v) is 7.31. The van der Waals surface area contributed by atoms with Crippen LogP contribution in [0, 0.1) is 6.92 Å². The van der Waals surface area contributed by atoms with Crippen LogP contribution in [0.15, 0.2) is 41.9 Å². The summed E-state index contributed by atoms with van der Waals surface area (Å²) in [6.07, 6.45) is -1.17. The summed E-state index contributed by atoms with van der Waals surface area (Å²) >= 11 is 0. The number of rotatable bonds is 3. The molecular formula is C18H15F3N2O. The molecule has 0 saturated heterocycles. The quantitative estimate of drug-likeness (QED) is 0.824. The number of hydrogen-bond donors (Lipinski definition) is 1. The fraction of sp³-hybridized carbons (Fsp3) is 0.167. The van der Waals surface area contributed by atoms with Crippen molar-refractivity contribution < 1.29 is 17.9 Å². The zero-order valence-electron chi connectivity index (χ0n) is 12.9. The van der Waals surface area contributed by atoms with Gasteiger partial charge in [0.1, 0.15) is 5.75 Å². The lowest BCUT2D eigenvalue weighted by Gasteiger charge is -2.21. The van der Waals surface area contributed by atoms with Crippen LogP contribution in [0.4, 0.5) is 24.5 Å². The number of benzene rings is 2. The normalized spacial score (nSPS) is 13.2. The van der Waals surface area contributed by atoms with Crippen LogP contribution >= 0.6 is 0 Å². The third kappa shape index (κ3) is 3.13. The van der Waals surface area contributed by atoms with E-state index in [0.717, 1.165) is 33.6 Å². The SMILES string of the molecule is C=Cc1c(C)cc(-c2ccc(OC(F)(F)F)cc2)c2c1N=CCN2. The van der Waals surface area contributed by atoms with E-state index < -0.39 is 6.36 Å². The first-order chi connectivity index (χ1) is 11.4. The van der Waals surface area contributed by atoms with Crippen LogP contribution < -0.4 is 10.1 Å². The number of anilines is 1. The number of fused-ring (bicyclic) bond motifs is 1. The highest BCUT2D eigenvalue weighted by molar-refractivity contribution is 5.96. The Morgan fingerprint density at radius 3 is 2.58 bits per heavy atom. The van der Waals surface area contributed by atoms with E-state index in [0.29, 0.717) is 6.54 Å². The lowest BCUT2D eigenvalue weighted by atomic mass is 9.95. The molecule has 0 spiro atoms. The summed E-state index contributed by atoms with van der Waals surface area (Å²) in [5, 5.41) is 3.28. The van der Waals surface area contributed by atoms with Gasteiger partial charge in [-0.3, -0.25) is 4.99 Å². The largest absolute Gasteiger partial charge is 0.573 e. The molecule has 24 heavy (non-hydrogen) atoms. The van der Waals surface area contributed by atoms with E-state index in [4.69, 9.17) is 0 Å². The van der Waals surface area contributed by atoms with Gasteiger partial charge in [0.15, 0.2) is 0 Å². The van der Waals surface area contributed by atoms with Gasteiger partial charge in [0.2, 0.25) is 0 Å². The van der Waals surface area contributed by atoms with E-state index in [1.165, 1.54) is 12.1 Å². The minimum atomic E-state index is -4.70. The second-order valence-electron chi connectivity index (χ2n) is 5.35. The predicted octanol–water partition coefficient (Wildman–Crippen LogP) is 5.33. The summed E-state index contributed by atoms with van der Waals surface area (Å²) in [6.45, 7) is 6.37. The van der Waals surface area contributed by atoms with Crippen molar-refractivity contribution in [3.05, 3.63) is 48.0 Å². The summed E-state index contributed by atoms with van der Waals surface area (Å²) in [5.41, 5.74) is 5.24. The van der Waals surface area contributed by atoms with Crippen LogP contribution in [0.25, 0.3) is 17.2 Å². The smallest absolute Gasteiger partial charge is 0.406 e. The van der Waals surface area contributed by atoms with Gasteiger partial charge in [-0.15, -0.1) is 13.2 Å². The lowest BCUT2D eigenvalue weighted by Crippen LogP contribution is -2.16. The molecule has 6 heteroatoms. The molecule has 0 aromatic heterocycles. The van der Waals surface area contributed by atoms with Crippen molar-refractivity contribution >= 4 is 23.7 Å². The maximum atomic E-state index is 12.3. The molecular weight excluding hydrogens is 317 g/mol. The van der Waals surface area contributed by atoms with Gasteiger partial charge in [0.25, 0.3) is 0 Å². The van der Waals surface area contributed by atoms with Crippen molar-refractivity contribution in [3.8, 4) is 16.9 Å². The predicted molar refractivity (Wildman–Crippen MR) is 90.0 cm³/mol. The molecule has 2 aromatic carbocycles. The molecule has 1 N–H and O–H groups in total. The molecule has 0 radical (unpaired) electrons. The third-order valence-electron chi connectivity index (χ3n) is 3.74.